The van der Waals surface area contributed by atoms with Crippen LogP contribution >= 0.6 is 0 Å². The van der Waals surface area contributed by atoms with E-state index in [1.165, 1.54) is 6.42 Å². The third-order valence-electron chi connectivity index (χ3n) is 3.17. The molecule has 2 heteroatoms. The molecule has 1 aliphatic heterocycles. The molecule has 0 aliphatic carbocycles. The first kappa shape index (κ1) is 9.53. The Balaban J connectivity index is 2.38. The average molecular weight is 191 g/mol. The van der Waals surface area contributed by atoms with E-state index < -0.39 is 0 Å². The second-order valence-corrected chi connectivity index (χ2v) is 4.09. The second kappa shape index (κ2) is 3.62. The fraction of sp³-hybridized carbons (Fsp3) is 0.500. The molecule has 1 saturated heterocycles. The molecule has 1 atom stereocenters. The Bertz CT molecular complexity index is 340. The highest BCUT2D eigenvalue weighted by molar-refractivity contribution is 5.45. The summed E-state index contributed by atoms with van der Waals surface area (Å²) in [5, 5.41) is 13.4. The van der Waals surface area contributed by atoms with E-state index in [9.17, 15) is 5.11 Å². The standard InChI is InChI=1S/C12H17NO/c1-8-5-6-10(12(14)9(8)2)11-4-3-7-13-11/h5-6,11,13-14H,3-4,7H2,1-2H3/t11-/m1/s1. The van der Waals surface area contributed by atoms with E-state index in [4.69, 9.17) is 0 Å². The zero-order chi connectivity index (χ0) is 10.1. The SMILES string of the molecule is Cc1ccc([C@H]2CCCN2)c(O)c1C. The maximum Gasteiger partial charge on any atom is 0.123 e. The summed E-state index contributed by atoms with van der Waals surface area (Å²) in [5.41, 5.74) is 3.23. The van der Waals surface area contributed by atoms with Gasteiger partial charge in [0, 0.05) is 11.6 Å². The Morgan fingerprint density at radius 2 is 2.14 bits per heavy atom. The Labute approximate surface area is 85.0 Å². The highest BCUT2D eigenvalue weighted by Gasteiger charge is 2.20. The van der Waals surface area contributed by atoms with Crippen molar-refractivity contribution < 1.29 is 5.11 Å². The molecule has 0 aromatic heterocycles. The normalized spacial score (nSPS) is 21.4. The lowest BCUT2D eigenvalue weighted by Gasteiger charge is -2.15. The number of phenolic OH excluding ortho intramolecular Hbond substituents is 1. The summed E-state index contributed by atoms with van der Waals surface area (Å²) >= 11 is 0. The molecule has 14 heavy (non-hydrogen) atoms. The van der Waals surface area contributed by atoms with Crippen LogP contribution in [0.2, 0.25) is 0 Å². The molecule has 0 unspecified atom stereocenters. The molecule has 1 aromatic carbocycles. The van der Waals surface area contributed by atoms with Crippen molar-refractivity contribution in [2.24, 2.45) is 0 Å². The maximum atomic E-state index is 10.00. The minimum Gasteiger partial charge on any atom is -0.507 e. The van der Waals surface area contributed by atoms with Crippen molar-refractivity contribution >= 4 is 0 Å². The van der Waals surface area contributed by atoms with E-state index in [0.717, 1.165) is 29.7 Å². The van der Waals surface area contributed by atoms with E-state index in [1.807, 2.05) is 19.9 Å². The van der Waals surface area contributed by atoms with Crippen LogP contribution in [0.4, 0.5) is 0 Å². The molecule has 0 amide bonds. The molecule has 0 spiro atoms. The second-order valence-electron chi connectivity index (χ2n) is 4.09. The average Bonchev–Trinajstić information content (AvgIpc) is 2.67. The summed E-state index contributed by atoms with van der Waals surface area (Å²) in [5.74, 6) is 0.476. The summed E-state index contributed by atoms with van der Waals surface area (Å²) < 4.78 is 0. The maximum absolute atomic E-state index is 10.00. The summed E-state index contributed by atoms with van der Waals surface area (Å²) in [6, 6.07) is 4.49. The minimum absolute atomic E-state index is 0.356. The van der Waals surface area contributed by atoms with Crippen LogP contribution in [-0.2, 0) is 0 Å². The first-order chi connectivity index (χ1) is 6.70. The Kier molecular flexibility index (Phi) is 2.46. The quantitative estimate of drug-likeness (QED) is 0.714. The summed E-state index contributed by atoms with van der Waals surface area (Å²) in [6.07, 6.45) is 2.34. The minimum atomic E-state index is 0.356. The predicted molar refractivity (Wildman–Crippen MR) is 57.6 cm³/mol. The molecule has 1 aromatic rings. The van der Waals surface area contributed by atoms with Crippen LogP contribution in [0.1, 0.15) is 35.6 Å². The molecule has 0 bridgehead atoms. The fourth-order valence-corrected chi connectivity index (χ4v) is 2.05. The number of hydrogen-bond acceptors (Lipinski definition) is 2. The van der Waals surface area contributed by atoms with Gasteiger partial charge >= 0.3 is 0 Å². The van der Waals surface area contributed by atoms with Crippen molar-refractivity contribution in [3.63, 3.8) is 0 Å². The first-order valence-corrected chi connectivity index (χ1v) is 5.22. The van der Waals surface area contributed by atoms with Crippen LogP contribution in [-0.4, -0.2) is 11.7 Å². The van der Waals surface area contributed by atoms with E-state index in [1.54, 1.807) is 0 Å². The van der Waals surface area contributed by atoms with Gasteiger partial charge in [0.1, 0.15) is 5.75 Å². The van der Waals surface area contributed by atoms with Gasteiger partial charge in [-0.3, -0.25) is 0 Å². The topological polar surface area (TPSA) is 32.3 Å². The lowest BCUT2D eigenvalue weighted by molar-refractivity contribution is 0.452. The lowest BCUT2D eigenvalue weighted by atomic mass is 9.98. The van der Waals surface area contributed by atoms with Gasteiger partial charge in [0.2, 0.25) is 0 Å². The summed E-state index contributed by atoms with van der Waals surface area (Å²) in [4.78, 5) is 0. The summed E-state index contributed by atoms with van der Waals surface area (Å²) in [6.45, 7) is 5.07. The molecule has 0 radical (unpaired) electrons. The molecule has 2 nitrogen and oxygen atoms in total. The Morgan fingerprint density at radius 3 is 2.79 bits per heavy atom. The van der Waals surface area contributed by atoms with Gasteiger partial charge in [-0.2, -0.15) is 0 Å². The molecular weight excluding hydrogens is 174 g/mol. The fourth-order valence-electron chi connectivity index (χ4n) is 2.05. The number of rotatable bonds is 1. The molecular formula is C12H17NO. The molecule has 2 N–H and O–H groups in total. The monoisotopic (exact) mass is 191 g/mol. The van der Waals surface area contributed by atoms with Crippen LogP contribution in [0.25, 0.3) is 0 Å². The Morgan fingerprint density at radius 1 is 1.36 bits per heavy atom. The van der Waals surface area contributed by atoms with Crippen LogP contribution < -0.4 is 5.32 Å². The van der Waals surface area contributed by atoms with Gasteiger partial charge in [0.15, 0.2) is 0 Å². The zero-order valence-electron chi connectivity index (χ0n) is 8.80. The largest absolute Gasteiger partial charge is 0.507 e. The van der Waals surface area contributed by atoms with Crippen LogP contribution in [0.5, 0.6) is 5.75 Å². The van der Waals surface area contributed by atoms with Crippen molar-refractivity contribution in [3.8, 4) is 5.75 Å². The van der Waals surface area contributed by atoms with E-state index in [2.05, 4.69) is 11.4 Å². The molecule has 1 fully saturated rings. The number of hydrogen-bond donors (Lipinski definition) is 2. The van der Waals surface area contributed by atoms with Crippen molar-refractivity contribution in [1.29, 1.82) is 0 Å². The lowest BCUT2D eigenvalue weighted by Crippen LogP contribution is -2.13. The van der Waals surface area contributed by atoms with Crippen LogP contribution in [0.3, 0.4) is 0 Å². The Hall–Kier alpha value is -1.02. The third-order valence-corrected chi connectivity index (χ3v) is 3.17. The van der Waals surface area contributed by atoms with Gasteiger partial charge in [0.25, 0.3) is 0 Å². The van der Waals surface area contributed by atoms with Gasteiger partial charge in [-0.05, 0) is 44.4 Å². The highest BCUT2D eigenvalue weighted by atomic mass is 16.3. The van der Waals surface area contributed by atoms with E-state index in [0.29, 0.717) is 11.8 Å². The van der Waals surface area contributed by atoms with Crippen molar-refractivity contribution in [2.75, 3.05) is 6.54 Å². The number of aryl methyl sites for hydroxylation is 1. The number of phenols is 1. The first-order valence-electron chi connectivity index (χ1n) is 5.22. The number of benzene rings is 1. The smallest absolute Gasteiger partial charge is 0.123 e. The van der Waals surface area contributed by atoms with Gasteiger partial charge in [-0.1, -0.05) is 12.1 Å². The third kappa shape index (κ3) is 1.50. The van der Waals surface area contributed by atoms with Crippen LogP contribution in [0.15, 0.2) is 12.1 Å². The number of aromatic hydroxyl groups is 1. The van der Waals surface area contributed by atoms with Crippen molar-refractivity contribution in [3.05, 3.63) is 28.8 Å². The van der Waals surface area contributed by atoms with Gasteiger partial charge in [0.05, 0.1) is 0 Å². The molecule has 1 aliphatic rings. The highest BCUT2D eigenvalue weighted by Crippen LogP contribution is 2.33. The van der Waals surface area contributed by atoms with Crippen molar-refractivity contribution in [1.82, 2.24) is 5.32 Å². The number of nitrogens with one attached hydrogen (secondary N) is 1. The predicted octanol–water partition coefficient (Wildman–Crippen LogP) is 2.43. The summed E-state index contributed by atoms with van der Waals surface area (Å²) in [7, 11) is 0. The van der Waals surface area contributed by atoms with E-state index in [-0.39, 0.29) is 0 Å². The molecule has 1 heterocycles. The molecule has 2 rings (SSSR count). The zero-order valence-corrected chi connectivity index (χ0v) is 8.80. The molecule has 76 valence electrons. The molecule has 0 saturated carbocycles. The van der Waals surface area contributed by atoms with Crippen molar-refractivity contribution in [2.45, 2.75) is 32.7 Å². The van der Waals surface area contributed by atoms with Gasteiger partial charge < -0.3 is 10.4 Å². The van der Waals surface area contributed by atoms with Gasteiger partial charge in [-0.15, -0.1) is 0 Å². The van der Waals surface area contributed by atoms with E-state index >= 15 is 0 Å². The van der Waals surface area contributed by atoms with Crippen LogP contribution in [0, 0.1) is 13.8 Å². The van der Waals surface area contributed by atoms with Gasteiger partial charge in [-0.25, -0.2) is 0 Å².